The molecule has 8 heteroatoms. The van der Waals surface area contributed by atoms with Crippen molar-refractivity contribution in [2.75, 3.05) is 6.61 Å². The molecule has 0 spiro atoms. The third-order valence-corrected chi connectivity index (χ3v) is 3.42. The number of halogens is 4. The number of hydrogen-bond acceptors (Lipinski definition) is 3. The van der Waals surface area contributed by atoms with Gasteiger partial charge in [-0.25, -0.2) is 18.0 Å². The van der Waals surface area contributed by atoms with Gasteiger partial charge < -0.3 is 15.2 Å². The second kappa shape index (κ2) is 5.63. The van der Waals surface area contributed by atoms with E-state index in [2.05, 4.69) is 0 Å². The highest BCUT2D eigenvalue weighted by Crippen LogP contribution is 2.48. The molecule has 0 heterocycles. The van der Waals surface area contributed by atoms with Gasteiger partial charge in [-0.3, -0.25) is 0 Å². The van der Waals surface area contributed by atoms with Crippen LogP contribution in [0.1, 0.15) is 18.4 Å². The Kier molecular flexibility index (Phi) is 4.22. The van der Waals surface area contributed by atoms with Gasteiger partial charge in [0.05, 0.1) is 18.7 Å². The molecule has 0 unspecified atom stereocenters. The van der Waals surface area contributed by atoms with E-state index in [1.54, 1.807) is 0 Å². The summed E-state index contributed by atoms with van der Waals surface area (Å²) in [6, 6.07) is 3.67. The van der Waals surface area contributed by atoms with Gasteiger partial charge in [0.25, 0.3) is 5.92 Å². The van der Waals surface area contributed by atoms with Crippen molar-refractivity contribution in [1.29, 1.82) is 0 Å². The number of amides is 1. The van der Waals surface area contributed by atoms with Crippen molar-refractivity contribution in [3.63, 3.8) is 0 Å². The molecular weight excluding hydrogens is 311 g/mol. The number of benzene rings is 1. The van der Waals surface area contributed by atoms with Gasteiger partial charge in [0.2, 0.25) is 0 Å². The van der Waals surface area contributed by atoms with Crippen LogP contribution in [-0.4, -0.2) is 24.2 Å². The molecule has 1 amide bonds. The van der Waals surface area contributed by atoms with Gasteiger partial charge in [-0.15, -0.1) is 11.6 Å². The van der Waals surface area contributed by atoms with Crippen molar-refractivity contribution in [2.45, 2.75) is 30.2 Å². The first-order valence-electron chi connectivity index (χ1n) is 6.09. The van der Waals surface area contributed by atoms with Gasteiger partial charge in [0.1, 0.15) is 18.2 Å². The lowest BCUT2D eigenvalue weighted by atomic mass is 9.77. The van der Waals surface area contributed by atoms with Gasteiger partial charge in [0.15, 0.2) is 5.60 Å². The first kappa shape index (κ1) is 15.8. The smallest absolute Gasteiger partial charge is 0.405 e. The fraction of sp³-hybridized carbons (Fsp3) is 0.462. The first-order valence-corrected chi connectivity index (χ1v) is 6.62. The Balaban J connectivity index is 2.08. The van der Waals surface area contributed by atoms with Crippen LogP contribution in [0.3, 0.4) is 0 Å². The van der Waals surface area contributed by atoms with Crippen LogP contribution in [0, 0.1) is 5.82 Å². The Bertz CT molecular complexity index is 545. The molecule has 2 N–H and O–H groups in total. The average Bonchev–Trinajstić information content (AvgIpc) is 2.34. The van der Waals surface area contributed by atoms with E-state index in [0.29, 0.717) is 5.56 Å². The van der Waals surface area contributed by atoms with Crippen molar-refractivity contribution >= 4 is 17.7 Å². The standard InChI is InChI=1S/C13H13ClF3NO3/c14-4-8-3-9(15)1-2-10(8)20-7-12(21-11(18)19)5-13(16,17)6-12/h1-3H,4-7H2,(H2,18,19). The molecule has 0 aromatic heterocycles. The summed E-state index contributed by atoms with van der Waals surface area (Å²) < 4.78 is 49.3. The predicted octanol–water partition coefficient (Wildman–Crippen LogP) is 3.21. The van der Waals surface area contributed by atoms with Gasteiger partial charge >= 0.3 is 6.09 Å². The molecule has 0 radical (unpaired) electrons. The molecule has 1 aromatic carbocycles. The Hall–Kier alpha value is -1.63. The Morgan fingerprint density at radius 3 is 2.57 bits per heavy atom. The van der Waals surface area contributed by atoms with Crippen molar-refractivity contribution < 1.29 is 27.4 Å². The minimum Gasteiger partial charge on any atom is -0.489 e. The summed E-state index contributed by atoms with van der Waals surface area (Å²) in [5.74, 6) is -3.17. The van der Waals surface area contributed by atoms with Crippen LogP contribution >= 0.6 is 11.6 Å². The second-order valence-corrected chi connectivity index (χ2v) is 5.26. The van der Waals surface area contributed by atoms with Crippen LogP contribution in [-0.2, 0) is 10.6 Å². The topological polar surface area (TPSA) is 61.6 Å². The lowest BCUT2D eigenvalue weighted by Gasteiger charge is -2.45. The Labute approximate surface area is 124 Å². The summed E-state index contributed by atoms with van der Waals surface area (Å²) in [6.45, 7) is -0.305. The number of nitrogens with two attached hydrogens (primary N) is 1. The summed E-state index contributed by atoms with van der Waals surface area (Å²) in [5, 5.41) is 0. The first-order chi connectivity index (χ1) is 9.75. The molecular formula is C13H13ClF3NO3. The van der Waals surface area contributed by atoms with E-state index in [9.17, 15) is 18.0 Å². The molecule has 1 aliphatic rings. The maximum atomic E-state index is 13.1. The van der Waals surface area contributed by atoms with Crippen LogP contribution in [0.4, 0.5) is 18.0 Å². The third kappa shape index (κ3) is 3.72. The fourth-order valence-corrected chi connectivity index (χ4v) is 2.52. The summed E-state index contributed by atoms with van der Waals surface area (Å²) in [7, 11) is 0. The summed E-state index contributed by atoms with van der Waals surface area (Å²) in [4.78, 5) is 10.8. The van der Waals surface area contributed by atoms with Crippen LogP contribution in [0.2, 0.25) is 0 Å². The normalized spacial score (nSPS) is 18.7. The Morgan fingerprint density at radius 2 is 2.05 bits per heavy atom. The molecule has 0 bridgehead atoms. The second-order valence-electron chi connectivity index (χ2n) is 4.99. The van der Waals surface area contributed by atoms with Gasteiger partial charge in [0, 0.05) is 5.56 Å². The largest absolute Gasteiger partial charge is 0.489 e. The maximum Gasteiger partial charge on any atom is 0.405 e. The van der Waals surface area contributed by atoms with E-state index >= 15 is 0 Å². The highest BCUT2D eigenvalue weighted by atomic mass is 35.5. The van der Waals surface area contributed by atoms with Crippen LogP contribution in [0.5, 0.6) is 5.75 Å². The molecule has 21 heavy (non-hydrogen) atoms. The number of rotatable bonds is 5. The van der Waals surface area contributed by atoms with Gasteiger partial charge in [-0.2, -0.15) is 0 Å². The maximum absolute atomic E-state index is 13.1. The molecule has 1 aromatic rings. The van der Waals surface area contributed by atoms with E-state index in [1.807, 2.05) is 0 Å². The zero-order valence-corrected chi connectivity index (χ0v) is 11.6. The molecule has 116 valence electrons. The zero-order chi connectivity index (χ0) is 15.7. The fourth-order valence-electron chi connectivity index (χ4n) is 2.31. The lowest BCUT2D eigenvalue weighted by molar-refractivity contribution is -0.213. The van der Waals surface area contributed by atoms with E-state index < -0.39 is 36.3 Å². The molecule has 0 atom stereocenters. The highest BCUT2D eigenvalue weighted by Gasteiger charge is 2.60. The molecule has 1 aliphatic carbocycles. The SMILES string of the molecule is NC(=O)OC1(COc2ccc(F)cc2CCl)CC(F)(F)C1. The average molecular weight is 324 g/mol. The van der Waals surface area contributed by atoms with Crippen molar-refractivity contribution in [2.24, 2.45) is 5.73 Å². The molecule has 0 saturated heterocycles. The number of primary amides is 1. The number of ether oxygens (including phenoxy) is 2. The van der Waals surface area contributed by atoms with Crippen molar-refractivity contribution in [1.82, 2.24) is 0 Å². The molecule has 4 nitrogen and oxygen atoms in total. The van der Waals surface area contributed by atoms with E-state index in [-0.39, 0.29) is 18.2 Å². The minimum atomic E-state index is -2.92. The van der Waals surface area contributed by atoms with E-state index in [1.165, 1.54) is 12.1 Å². The number of carbonyl (C=O) groups excluding carboxylic acids is 1. The summed E-state index contributed by atoms with van der Waals surface area (Å²) in [5.41, 5.74) is 3.80. The summed E-state index contributed by atoms with van der Waals surface area (Å²) >= 11 is 5.66. The summed E-state index contributed by atoms with van der Waals surface area (Å²) in [6.07, 6.45) is -2.48. The third-order valence-electron chi connectivity index (χ3n) is 3.14. The molecule has 2 rings (SSSR count). The van der Waals surface area contributed by atoms with Gasteiger partial charge in [-0.1, -0.05) is 0 Å². The van der Waals surface area contributed by atoms with E-state index in [0.717, 1.165) is 6.07 Å². The molecule has 1 fully saturated rings. The van der Waals surface area contributed by atoms with Crippen LogP contribution in [0.15, 0.2) is 18.2 Å². The minimum absolute atomic E-state index is 0.00701. The molecule has 0 aliphatic heterocycles. The zero-order valence-electron chi connectivity index (χ0n) is 10.9. The highest BCUT2D eigenvalue weighted by molar-refractivity contribution is 6.17. The van der Waals surface area contributed by atoms with Gasteiger partial charge in [-0.05, 0) is 18.2 Å². The number of alkyl halides is 3. The Morgan fingerprint density at radius 1 is 1.38 bits per heavy atom. The number of hydrogen-bond donors (Lipinski definition) is 1. The molecule has 1 saturated carbocycles. The monoisotopic (exact) mass is 323 g/mol. The van der Waals surface area contributed by atoms with Crippen LogP contribution < -0.4 is 10.5 Å². The predicted molar refractivity (Wildman–Crippen MR) is 69.0 cm³/mol. The number of carbonyl (C=O) groups is 1. The van der Waals surface area contributed by atoms with Crippen molar-refractivity contribution in [3.8, 4) is 5.75 Å². The van der Waals surface area contributed by atoms with Crippen LogP contribution in [0.25, 0.3) is 0 Å². The van der Waals surface area contributed by atoms with Crippen molar-refractivity contribution in [3.05, 3.63) is 29.6 Å². The van der Waals surface area contributed by atoms with E-state index in [4.69, 9.17) is 26.8 Å². The lowest BCUT2D eigenvalue weighted by Crippen LogP contribution is -2.58. The quantitative estimate of drug-likeness (QED) is 0.846.